The molecule has 1 heterocycles. The van der Waals surface area contributed by atoms with Gasteiger partial charge in [-0.15, -0.1) is 0 Å². The number of aryl methyl sites for hydroxylation is 1. The molecule has 2 N–H and O–H groups in total. The zero-order valence-corrected chi connectivity index (χ0v) is 11.9. The molecule has 1 aromatic heterocycles. The number of benzene rings is 1. The fourth-order valence-electron chi connectivity index (χ4n) is 1.73. The van der Waals surface area contributed by atoms with Gasteiger partial charge in [0.1, 0.15) is 18.7 Å². The maximum atomic E-state index is 6.12. The normalized spacial score (nSPS) is 10.7. The molecule has 0 atom stereocenters. The van der Waals surface area contributed by atoms with Crippen LogP contribution in [0, 0.1) is 0 Å². The molecule has 0 unspecified atom stereocenters. The minimum atomic E-state index is 0.280. The summed E-state index contributed by atoms with van der Waals surface area (Å²) < 4.78 is 7.46. The van der Waals surface area contributed by atoms with Crippen LogP contribution in [0.5, 0.6) is 5.75 Å². The van der Waals surface area contributed by atoms with Crippen molar-refractivity contribution >= 4 is 23.2 Å². The van der Waals surface area contributed by atoms with E-state index in [2.05, 4.69) is 10.1 Å². The summed E-state index contributed by atoms with van der Waals surface area (Å²) >= 11 is 12.0. The van der Waals surface area contributed by atoms with E-state index in [1.807, 2.05) is 6.92 Å². The molecule has 0 aliphatic rings. The molecule has 0 spiro atoms. The maximum Gasteiger partial charge on any atom is 0.164 e. The van der Waals surface area contributed by atoms with Crippen molar-refractivity contribution in [3.63, 3.8) is 0 Å². The largest absolute Gasteiger partial charge is 0.484 e. The van der Waals surface area contributed by atoms with Crippen LogP contribution in [0.25, 0.3) is 0 Å². The van der Waals surface area contributed by atoms with E-state index >= 15 is 0 Å². The molecule has 0 saturated heterocycles. The summed E-state index contributed by atoms with van der Waals surface area (Å²) in [6, 6.07) is 3.37. The van der Waals surface area contributed by atoms with E-state index < -0.39 is 0 Å². The van der Waals surface area contributed by atoms with Gasteiger partial charge in [0.05, 0.1) is 5.02 Å². The van der Waals surface area contributed by atoms with E-state index in [1.165, 1.54) is 6.33 Å². The minimum absolute atomic E-state index is 0.280. The number of aromatic nitrogens is 3. The number of ether oxygens (including phenoxy) is 1. The lowest BCUT2D eigenvalue weighted by Gasteiger charge is -2.12. The van der Waals surface area contributed by atoms with Gasteiger partial charge in [-0.25, -0.2) is 9.67 Å². The van der Waals surface area contributed by atoms with Crippen molar-refractivity contribution in [3.05, 3.63) is 39.9 Å². The molecule has 2 aromatic rings. The van der Waals surface area contributed by atoms with Gasteiger partial charge < -0.3 is 10.5 Å². The van der Waals surface area contributed by atoms with Crippen LogP contribution in [0.4, 0.5) is 0 Å². The molecule has 5 nitrogen and oxygen atoms in total. The summed E-state index contributed by atoms with van der Waals surface area (Å²) in [7, 11) is 0. The molecule has 2 rings (SSSR count). The van der Waals surface area contributed by atoms with Crippen LogP contribution >= 0.6 is 23.2 Å². The number of halogens is 2. The van der Waals surface area contributed by atoms with Gasteiger partial charge in [-0.1, -0.05) is 23.2 Å². The molecule has 19 heavy (non-hydrogen) atoms. The van der Waals surface area contributed by atoms with Crippen molar-refractivity contribution in [1.29, 1.82) is 0 Å². The monoisotopic (exact) mass is 300 g/mol. The van der Waals surface area contributed by atoms with E-state index in [9.17, 15) is 0 Å². The second kappa shape index (κ2) is 6.23. The Kier molecular flexibility index (Phi) is 4.63. The highest BCUT2D eigenvalue weighted by Crippen LogP contribution is 2.32. The summed E-state index contributed by atoms with van der Waals surface area (Å²) in [6.45, 7) is 3.30. The molecular weight excluding hydrogens is 287 g/mol. The topological polar surface area (TPSA) is 66.0 Å². The molecule has 102 valence electrons. The van der Waals surface area contributed by atoms with Crippen molar-refractivity contribution in [2.45, 2.75) is 26.6 Å². The third-order valence-corrected chi connectivity index (χ3v) is 3.15. The first kappa shape index (κ1) is 14.1. The van der Waals surface area contributed by atoms with Crippen LogP contribution in [-0.4, -0.2) is 14.8 Å². The smallest absolute Gasteiger partial charge is 0.164 e. The van der Waals surface area contributed by atoms with Crippen molar-refractivity contribution < 1.29 is 4.74 Å². The summed E-state index contributed by atoms with van der Waals surface area (Å²) in [6.07, 6.45) is 1.50. The van der Waals surface area contributed by atoms with Crippen molar-refractivity contribution in [2.24, 2.45) is 5.73 Å². The molecule has 0 saturated carbocycles. The van der Waals surface area contributed by atoms with Gasteiger partial charge in [-0.3, -0.25) is 0 Å². The molecular formula is C12H14Cl2N4O. The number of nitrogens with zero attached hydrogens (tertiary/aromatic N) is 3. The van der Waals surface area contributed by atoms with Crippen molar-refractivity contribution in [2.75, 3.05) is 0 Å². The number of hydrogen-bond donors (Lipinski definition) is 1. The number of rotatable bonds is 5. The first-order valence-corrected chi connectivity index (χ1v) is 6.58. The molecule has 7 heteroatoms. The molecule has 0 bridgehead atoms. The van der Waals surface area contributed by atoms with E-state index in [1.54, 1.807) is 16.8 Å². The van der Waals surface area contributed by atoms with Gasteiger partial charge in [-0.2, -0.15) is 5.10 Å². The van der Waals surface area contributed by atoms with Gasteiger partial charge in [0.15, 0.2) is 5.82 Å². The van der Waals surface area contributed by atoms with Crippen molar-refractivity contribution in [3.8, 4) is 5.75 Å². The van der Waals surface area contributed by atoms with E-state index in [-0.39, 0.29) is 6.61 Å². The Bertz CT molecular complexity index is 571. The Morgan fingerprint density at radius 2 is 2.16 bits per heavy atom. The highest BCUT2D eigenvalue weighted by Gasteiger charge is 2.11. The second-order valence-electron chi connectivity index (χ2n) is 3.86. The Morgan fingerprint density at radius 1 is 1.37 bits per heavy atom. The lowest BCUT2D eigenvalue weighted by molar-refractivity contribution is 0.284. The Hall–Kier alpha value is -1.30. The van der Waals surface area contributed by atoms with Crippen LogP contribution in [0.2, 0.25) is 10.0 Å². The Balaban J connectivity index is 2.20. The summed E-state index contributed by atoms with van der Waals surface area (Å²) in [5.74, 6) is 1.27. The van der Waals surface area contributed by atoms with Crippen LogP contribution in [0.3, 0.4) is 0 Å². The Labute approximate surface area is 121 Å². The molecule has 0 amide bonds. The van der Waals surface area contributed by atoms with Crippen LogP contribution in [0.15, 0.2) is 18.5 Å². The zero-order chi connectivity index (χ0) is 13.8. The lowest BCUT2D eigenvalue weighted by atomic mass is 10.2. The van der Waals surface area contributed by atoms with Crippen molar-refractivity contribution in [1.82, 2.24) is 14.8 Å². The van der Waals surface area contributed by atoms with Crippen LogP contribution < -0.4 is 10.5 Å². The molecule has 0 fully saturated rings. The third kappa shape index (κ3) is 3.18. The minimum Gasteiger partial charge on any atom is -0.484 e. The average molecular weight is 301 g/mol. The second-order valence-corrected chi connectivity index (χ2v) is 4.70. The highest BCUT2D eigenvalue weighted by molar-refractivity contribution is 6.35. The first-order chi connectivity index (χ1) is 9.15. The predicted octanol–water partition coefficient (Wildman–Crippen LogP) is 2.64. The third-order valence-electron chi connectivity index (χ3n) is 2.65. The summed E-state index contributed by atoms with van der Waals surface area (Å²) in [5, 5.41) is 5.05. The lowest BCUT2D eigenvalue weighted by Crippen LogP contribution is -2.09. The number of nitrogens with two attached hydrogens (primary N) is 1. The summed E-state index contributed by atoms with van der Waals surface area (Å²) in [5.41, 5.74) is 6.43. The molecule has 0 aliphatic carbocycles. The highest BCUT2D eigenvalue weighted by atomic mass is 35.5. The van der Waals surface area contributed by atoms with Gasteiger partial charge in [-0.05, 0) is 19.1 Å². The van der Waals surface area contributed by atoms with Gasteiger partial charge in [0.25, 0.3) is 0 Å². The standard InChI is InChI=1S/C12H14Cl2N4O/c1-2-18-11(16-7-17-18)6-19-12-8(5-15)3-9(13)4-10(12)14/h3-4,7H,2,5-6,15H2,1H3. The number of hydrogen-bond acceptors (Lipinski definition) is 4. The average Bonchev–Trinajstić information content (AvgIpc) is 2.84. The fourth-order valence-corrected chi connectivity index (χ4v) is 2.32. The van der Waals surface area contributed by atoms with Gasteiger partial charge >= 0.3 is 0 Å². The quantitative estimate of drug-likeness (QED) is 0.922. The maximum absolute atomic E-state index is 6.12. The van der Waals surface area contributed by atoms with Gasteiger partial charge in [0.2, 0.25) is 0 Å². The Morgan fingerprint density at radius 3 is 2.84 bits per heavy atom. The summed E-state index contributed by atoms with van der Waals surface area (Å²) in [4.78, 5) is 4.13. The van der Waals surface area contributed by atoms with Crippen LogP contribution in [0.1, 0.15) is 18.3 Å². The van der Waals surface area contributed by atoms with Crippen LogP contribution in [-0.2, 0) is 19.7 Å². The molecule has 0 aliphatic heterocycles. The predicted molar refractivity (Wildman–Crippen MR) is 74.4 cm³/mol. The molecule has 0 radical (unpaired) electrons. The van der Waals surface area contributed by atoms with E-state index in [0.717, 1.165) is 17.9 Å². The van der Waals surface area contributed by atoms with E-state index in [0.29, 0.717) is 22.3 Å². The van der Waals surface area contributed by atoms with E-state index in [4.69, 9.17) is 33.7 Å². The molecule has 1 aromatic carbocycles. The van der Waals surface area contributed by atoms with Gasteiger partial charge in [0, 0.05) is 23.7 Å². The zero-order valence-electron chi connectivity index (χ0n) is 10.4. The first-order valence-electron chi connectivity index (χ1n) is 5.83. The SMILES string of the molecule is CCn1ncnc1COc1c(Cl)cc(Cl)cc1CN. The fraction of sp³-hybridized carbons (Fsp3) is 0.333.